The van der Waals surface area contributed by atoms with Crippen LogP contribution in [-0.4, -0.2) is 84.2 Å². The Kier molecular flexibility index (Phi) is 8.52. The highest BCUT2D eigenvalue weighted by molar-refractivity contribution is 9.10. The molecule has 11 heteroatoms. The summed E-state index contributed by atoms with van der Waals surface area (Å²) < 4.78 is 29.3. The van der Waals surface area contributed by atoms with Crippen LogP contribution in [0.5, 0.6) is 0 Å². The number of hydrogen-bond acceptors (Lipinski definition) is 7. The lowest BCUT2D eigenvalue weighted by molar-refractivity contribution is 0.0972. The van der Waals surface area contributed by atoms with Crippen LogP contribution in [0.4, 0.5) is 11.4 Å². The van der Waals surface area contributed by atoms with Crippen LogP contribution in [0.1, 0.15) is 52.8 Å². The van der Waals surface area contributed by atoms with Crippen molar-refractivity contribution in [2.45, 2.75) is 46.1 Å². The molecular formula is C30H37BrN6O3S. The first-order chi connectivity index (χ1) is 19.5. The molecule has 41 heavy (non-hydrogen) atoms. The minimum atomic E-state index is -3.21. The van der Waals surface area contributed by atoms with Gasteiger partial charge in [0.1, 0.15) is 5.69 Å². The van der Waals surface area contributed by atoms with Crippen molar-refractivity contribution in [2.75, 3.05) is 44.8 Å². The molecule has 0 spiro atoms. The number of rotatable bonds is 10. The first-order valence-corrected chi connectivity index (χ1v) is 16.4. The van der Waals surface area contributed by atoms with Crippen LogP contribution in [0, 0.1) is 13.8 Å². The van der Waals surface area contributed by atoms with Crippen LogP contribution < -0.4 is 5.32 Å². The Balaban J connectivity index is 1.41. The standard InChI is InChI=1S/C30H37BrN6O3S/c1-6-41(39,40)36-13-10-22(18-36)33-29-25(31)17-32-27-16-26(34-30(27)29)24-14-19(2)37(20(24)3)23-9-7-8-21(15-23)28(38)11-12-35(4)5/h7-9,14-15,17,22H,6,10-13,16,18H2,1-5H3,(H,32,33)/t22-/m0/s1. The number of hydrogen-bond donors (Lipinski definition) is 1. The number of Topliss-reactive ketones (excluding diaryl/α,β-unsaturated/α-hetero) is 1. The summed E-state index contributed by atoms with van der Waals surface area (Å²) in [6, 6.07) is 9.96. The lowest BCUT2D eigenvalue weighted by Crippen LogP contribution is -2.32. The molecule has 4 heterocycles. The molecule has 1 aromatic carbocycles. The Morgan fingerprint density at radius 2 is 2.00 bits per heavy atom. The van der Waals surface area contributed by atoms with Gasteiger partial charge in [0, 0.05) is 72.9 Å². The largest absolute Gasteiger partial charge is 0.378 e. The fourth-order valence-corrected chi connectivity index (χ4v) is 7.18. The number of anilines is 1. The smallest absolute Gasteiger partial charge is 0.213 e. The molecule has 0 unspecified atom stereocenters. The number of aliphatic imine (C=N–C) groups is 1. The van der Waals surface area contributed by atoms with Gasteiger partial charge in [-0.1, -0.05) is 12.1 Å². The van der Waals surface area contributed by atoms with Crippen LogP contribution in [0.15, 0.2) is 46.0 Å². The van der Waals surface area contributed by atoms with E-state index < -0.39 is 10.0 Å². The van der Waals surface area contributed by atoms with Gasteiger partial charge in [0.2, 0.25) is 10.0 Å². The summed E-state index contributed by atoms with van der Waals surface area (Å²) in [6.45, 7) is 7.50. The molecule has 1 fully saturated rings. The quantitative estimate of drug-likeness (QED) is 0.317. The van der Waals surface area contributed by atoms with Gasteiger partial charge in [-0.05, 0) is 75.4 Å². The molecule has 3 aromatic rings. The average Bonchev–Trinajstić information content (AvgIpc) is 3.66. The van der Waals surface area contributed by atoms with Gasteiger partial charge in [-0.2, -0.15) is 4.31 Å². The van der Waals surface area contributed by atoms with Crippen LogP contribution >= 0.6 is 15.9 Å². The minimum absolute atomic E-state index is 0.00356. The molecule has 0 saturated carbocycles. The number of aromatic nitrogens is 2. The molecule has 0 amide bonds. The summed E-state index contributed by atoms with van der Waals surface area (Å²) in [6.07, 6.45) is 3.60. The molecule has 1 N–H and O–H groups in total. The second-order valence-corrected chi connectivity index (χ2v) is 14.2. The molecule has 218 valence electrons. The van der Waals surface area contributed by atoms with Crippen molar-refractivity contribution in [3.05, 3.63) is 69.2 Å². The van der Waals surface area contributed by atoms with Gasteiger partial charge in [0.25, 0.3) is 0 Å². The van der Waals surface area contributed by atoms with Gasteiger partial charge in [0.15, 0.2) is 5.78 Å². The molecule has 0 bridgehead atoms. The monoisotopic (exact) mass is 640 g/mol. The molecule has 5 rings (SSSR count). The van der Waals surface area contributed by atoms with E-state index in [9.17, 15) is 13.2 Å². The summed E-state index contributed by atoms with van der Waals surface area (Å²) in [5.74, 6) is 0.241. The van der Waals surface area contributed by atoms with Crippen molar-refractivity contribution >= 4 is 48.8 Å². The van der Waals surface area contributed by atoms with Crippen LogP contribution in [0.25, 0.3) is 5.69 Å². The molecule has 2 aliphatic heterocycles. The second-order valence-electron chi connectivity index (χ2n) is 11.0. The zero-order valence-electron chi connectivity index (χ0n) is 24.2. The zero-order chi connectivity index (χ0) is 29.5. The number of sulfonamides is 1. The number of aryl methyl sites for hydroxylation is 1. The number of nitrogens with one attached hydrogen (secondary N) is 1. The molecule has 9 nitrogen and oxygen atoms in total. The highest BCUT2D eigenvalue weighted by atomic mass is 79.9. The van der Waals surface area contributed by atoms with Crippen LogP contribution in [0.2, 0.25) is 0 Å². The van der Waals surface area contributed by atoms with Gasteiger partial charge >= 0.3 is 0 Å². The summed E-state index contributed by atoms with van der Waals surface area (Å²) in [7, 11) is 0.725. The number of ketones is 1. The van der Waals surface area contributed by atoms with E-state index in [0.29, 0.717) is 38.0 Å². The molecule has 0 radical (unpaired) electrons. The topological polar surface area (TPSA) is 99.9 Å². The third-order valence-electron chi connectivity index (χ3n) is 7.88. The fraction of sp³-hybridized carbons (Fsp3) is 0.433. The summed E-state index contributed by atoms with van der Waals surface area (Å²) in [5.41, 5.74) is 8.30. The molecule has 0 aliphatic carbocycles. The highest BCUT2D eigenvalue weighted by Crippen LogP contribution is 2.41. The number of carbonyl (C=O) groups is 1. The number of halogens is 1. The lowest BCUT2D eigenvalue weighted by atomic mass is 10.1. The maximum absolute atomic E-state index is 12.8. The van der Waals surface area contributed by atoms with Gasteiger partial charge in [-0.25, -0.2) is 13.4 Å². The number of nitrogens with zero attached hydrogens (tertiary/aromatic N) is 5. The molecular weight excluding hydrogens is 604 g/mol. The van der Waals surface area contributed by atoms with Crippen molar-refractivity contribution in [1.29, 1.82) is 0 Å². The van der Waals surface area contributed by atoms with E-state index in [1.54, 1.807) is 17.4 Å². The molecule has 2 aliphatic rings. The summed E-state index contributed by atoms with van der Waals surface area (Å²) in [4.78, 5) is 24.5. The van der Waals surface area contributed by atoms with Gasteiger partial charge in [0.05, 0.1) is 27.3 Å². The molecule has 1 saturated heterocycles. The Morgan fingerprint density at radius 1 is 1.22 bits per heavy atom. The Hall–Kier alpha value is -2.86. The van der Waals surface area contributed by atoms with Crippen molar-refractivity contribution in [1.82, 2.24) is 18.8 Å². The Bertz CT molecular complexity index is 1630. The summed E-state index contributed by atoms with van der Waals surface area (Å²) in [5, 5.41) is 3.56. The molecule has 2 aromatic heterocycles. The first-order valence-electron chi connectivity index (χ1n) is 14.0. The van der Waals surface area contributed by atoms with Crippen molar-refractivity contribution in [2.24, 2.45) is 4.99 Å². The fourth-order valence-electron chi connectivity index (χ4n) is 5.62. The van der Waals surface area contributed by atoms with E-state index in [1.807, 2.05) is 43.3 Å². The maximum Gasteiger partial charge on any atom is 0.213 e. The first kappa shape index (κ1) is 29.6. The van der Waals surface area contributed by atoms with Crippen LogP contribution in [-0.2, 0) is 16.4 Å². The number of benzene rings is 1. The third-order valence-corrected chi connectivity index (χ3v) is 10.3. The predicted octanol–water partition coefficient (Wildman–Crippen LogP) is 4.90. The van der Waals surface area contributed by atoms with Crippen LogP contribution in [0.3, 0.4) is 0 Å². The summed E-state index contributed by atoms with van der Waals surface area (Å²) >= 11 is 3.64. The van der Waals surface area contributed by atoms with E-state index in [0.717, 1.165) is 56.3 Å². The van der Waals surface area contributed by atoms with E-state index in [1.165, 1.54) is 0 Å². The highest BCUT2D eigenvalue weighted by Gasteiger charge is 2.32. The van der Waals surface area contributed by atoms with Crippen molar-refractivity contribution < 1.29 is 13.2 Å². The molecule has 1 atom stereocenters. The average molecular weight is 642 g/mol. The maximum atomic E-state index is 12.8. The lowest BCUT2D eigenvalue weighted by Gasteiger charge is -2.18. The number of fused-ring (bicyclic) bond motifs is 1. The van der Waals surface area contributed by atoms with Gasteiger partial charge in [-0.15, -0.1) is 0 Å². The predicted molar refractivity (Wildman–Crippen MR) is 168 cm³/mol. The van der Waals surface area contributed by atoms with E-state index in [2.05, 4.69) is 50.7 Å². The SMILES string of the molecule is CCS(=O)(=O)N1CC[C@H](Nc2c(Br)cnc3c2N=C(c2cc(C)n(-c4cccc(C(=O)CCN(C)C)c4)c2C)C3)C1. The normalized spacial score (nSPS) is 17.2. The van der Waals surface area contributed by atoms with Crippen molar-refractivity contribution in [3.8, 4) is 5.69 Å². The second kappa shape index (κ2) is 11.8. The number of pyridine rings is 1. The Labute approximate surface area is 250 Å². The Morgan fingerprint density at radius 3 is 2.73 bits per heavy atom. The van der Waals surface area contributed by atoms with E-state index >= 15 is 0 Å². The van der Waals surface area contributed by atoms with Crippen molar-refractivity contribution in [3.63, 3.8) is 0 Å². The van der Waals surface area contributed by atoms with E-state index in [-0.39, 0.29) is 17.6 Å². The van der Waals surface area contributed by atoms with E-state index in [4.69, 9.17) is 4.99 Å². The minimum Gasteiger partial charge on any atom is -0.378 e. The van der Waals surface area contributed by atoms with Gasteiger partial charge < -0.3 is 14.8 Å². The van der Waals surface area contributed by atoms with Gasteiger partial charge in [-0.3, -0.25) is 9.78 Å². The third kappa shape index (κ3) is 6.04. The zero-order valence-corrected chi connectivity index (χ0v) is 26.6. The number of carbonyl (C=O) groups excluding carboxylic acids is 1.